The number of carbonyl (C=O) groups excluding carboxylic acids is 6. The number of likely N-dealkylation sites (tertiary alicyclic amines) is 2. The van der Waals surface area contributed by atoms with E-state index in [0.717, 1.165) is 25.7 Å². The molecule has 12 nitrogen and oxygen atoms in total. The zero-order valence-electron chi connectivity index (χ0n) is 27.4. The summed E-state index contributed by atoms with van der Waals surface area (Å²) in [6, 6.07) is -3.63. The van der Waals surface area contributed by atoms with Crippen LogP contribution in [0.15, 0.2) is 0 Å². The molecule has 0 aromatic carbocycles. The molecule has 2 saturated heterocycles. The third kappa shape index (κ3) is 7.37. The third-order valence-electron chi connectivity index (χ3n) is 10.3. The lowest BCUT2D eigenvalue weighted by Crippen LogP contribution is -2.62. The summed E-state index contributed by atoms with van der Waals surface area (Å²) in [5.41, 5.74) is 4.43. The van der Waals surface area contributed by atoms with E-state index in [1.807, 2.05) is 34.6 Å². The lowest BCUT2D eigenvalue weighted by Gasteiger charge is -2.38. The molecule has 4 aliphatic rings. The quantitative estimate of drug-likeness (QED) is 0.242. The van der Waals surface area contributed by atoms with Gasteiger partial charge in [0.1, 0.15) is 12.1 Å². The number of nitrogens with one attached hydrogen (secondary N) is 3. The first-order chi connectivity index (χ1) is 20.4. The number of hydrogen-bond donors (Lipinski definition) is 4. The Kier molecular flexibility index (Phi) is 9.71. The summed E-state index contributed by atoms with van der Waals surface area (Å²) in [6.07, 6.45) is 4.53. The fraction of sp³-hybridized carbons (Fsp3) is 0.812. The summed E-state index contributed by atoms with van der Waals surface area (Å²) in [4.78, 5) is 81.5. The van der Waals surface area contributed by atoms with Crippen LogP contribution < -0.4 is 21.7 Å². The van der Waals surface area contributed by atoms with E-state index in [4.69, 9.17) is 5.73 Å². The number of primary amides is 1. The molecular weight excluding hydrogens is 564 g/mol. The van der Waals surface area contributed by atoms with Crippen LogP contribution in [0.2, 0.25) is 0 Å². The summed E-state index contributed by atoms with van der Waals surface area (Å²) < 4.78 is 0. The number of ketones is 1. The van der Waals surface area contributed by atoms with Gasteiger partial charge >= 0.3 is 6.03 Å². The second kappa shape index (κ2) is 12.7. The van der Waals surface area contributed by atoms with Crippen LogP contribution in [-0.4, -0.2) is 89.0 Å². The van der Waals surface area contributed by atoms with Gasteiger partial charge in [0.25, 0.3) is 5.91 Å². The lowest BCUT2D eigenvalue weighted by molar-refractivity contribution is -0.145. The van der Waals surface area contributed by atoms with Crippen molar-refractivity contribution in [3.8, 4) is 0 Å². The molecule has 44 heavy (non-hydrogen) atoms. The minimum Gasteiger partial charge on any atom is -0.363 e. The van der Waals surface area contributed by atoms with E-state index in [9.17, 15) is 28.8 Å². The van der Waals surface area contributed by atoms with Gasteiger partial charge in [-0.1, -0.05) is 61.3 Å². The minimum atomic E-state index is -1.09. The molecule has 12 heteroatoms. The predicted octanol–water partition coefficient (Wildman–Crippen LogP) is 1.56. The van der Waals surface area contributed by atoms with Crippen LogP contribution in [0, 0.1) is 34.5 Å². The Morgan fingerprint density at radius 1 is 1.02 bits per heavy atom. The first-order valence-corrected chi connectivity index (χ1v) is 16.2. The Morgan fingerprint density at radius 3 is 2.23 bits per heavy atom. The summed E-state index contributed by atoms with van der Waals surface area (Å²) in [5.74, 6) is -2.39. The van der Waals surface area contributed by atoms with Gasteiger partial charge in [-0.2, -0.15) is 0 Å². The van der Waals surface area contributed by atoms with Crippen LogP contribution in [-0.2, 0) is 24.0 Å². The molecule has 2 saturated carbocycles. The van der Waals surface area contributed by atoms with Crippen LogP contribution in [0.1, 0.15) is 87.0 Å². The van der Waals surface area contributed by atoms with Gasteiger partial charge in [0.2, 0.25) is 23.5 Å². The Balaban J connectivity index is 1.49. The van der Waals surface area contributed by atoms with Crippen molar-refractivity contribution in [3.63, 3.8) is 0 Å². The van der Waals surface area contributed by atoms with Crippen molar-refractivity contribution in [1.82, 2.24) is 25.8 Å². The van der Waals surface area contributed by atoms with Crippen LogP contribution in [0.3, 0.4) is 0 Å². The van der Waals surface area contributed by atoms with Crippen molar-refractivity contribution in [3.05, 3.63) is 0 Å². The fourth-order valence-electron chi connectivity index (χ4n) is 7.03. The molecule has 6 amide bonds. The van der Waals surface area contributed by atoms with Gasteiger partial charge in [-0.05, 0) is 53.8 Å². The minimum absolute atomic E-state index is 0.0481. The Labute approximate surface area is 261 Å². The van der Waals surface area contributed by atoms with E-state index in [1.54, 1.807) is 9.80 Å². The van der Waals surface area contributed by atoms with Gasteiger partial charge in [0.05, 0.1) is 12.1 Å². The molecule has 0 radical (unpaired) electrons. The second-order valence-electron chi connectivity index (χ2n) is 15.4. The molecule has 246 valence electrons. The van der Waals surface area contributed by atoms with E-state index < -0.39 is 47.2 Å². The number of urea groups is 1. The summed E-state index contributed by atoms with van der Waals surface area (Å²) >= 11 is 0. The van der Waals surface area contributed by atoms with Gasteiger partial charge in [-0.25, -0.2) is 4.79 Å². The first kappa shape index (κ1) is 33.7. The second-order valence-corrected chi connectivity index (χ2v) is 15.4. The summed E-state index contributed by atoms with van der Waals surface area (Å²) in [6.45, 7) is 15.1. The molecule has 2 heterocycles. The maximum absolute atomic E-state index is 14.2. The van der Waals surface area contributed by atoms with Crippen LogP contribution in [0.5, 0.6) is 0 Å². The summed E-state index contributed by atoms with van der Waals surface area (Å²) in [5, 5.41) is 8.66. The highest BCUT2D eigenvalue weighted by atomic mass is 16.2. The molecule has 0 aromatic heterocycles. The lowest BCUT2D eigenvalue weighted by atomic mass is 9.85. The number of fused-ring (bicyclic) bond motifs is 1. The van der Waals surface area contributed by atoms with Gasteiger partial charge in [0.15, 0.2) is 0 Å². The average Bonchev–Trinajstić information content (AvgIpc) is 3.78. The van der Waals surface area contributed by atoms with Gasteiger partial charge in [-0.15, -0.1) is 0 Å². The van der Waals surface area contributed by atoms with Gasteiger partial charge in [-0.3, -0.25) is 24.0 Å². The molecule has 2 aliphatic heterocycles. The monoisotopic (exact) mass is 616 g/mol. The summed E-state index contributed by atoms with van der Waals surface area (Å²) in [7, 11) is 0. The first-order valence-electron chi connectivity index (χ1n) is 16.2. The molecule has 0 spiro atoms. The molecule has 5 N–H and O–H groups in total. The van der Waals surface area contributed by atoms with Crippen molar-refractivity contribution in [2.75, 3.05) is 19.6 Å². The number of amides is 6. The molecule has 0 aromatic rings. The average molecular weight is 617 g/mol. The Hall–Kier alpha value is -3.18. The topological polar surface area (TPSA) is 171 Å². The smallest absolute Gasteiger partial charge is 0.315 e. The van der Waals surface area contributed by atoms with Crippen molar-refractivity contribution < 1.29 is 28.8 Å². The van der Waals surface area contributed by atoms with Crippen molar-refractivity contribution in [1.29, 1.82) is 0 Å². The SMILES string of the molecule is CC(C)[C@@H](CN1CCCCC1=O)NC(=O)N[C@H](C(=O)N1C[C@H]2[C@@H]([C@H]1C(=O)NC(CC1CC1)C(=O)C(N)=O)C2(C)C)C(C)(C)C. The van der Waals surface area contributed by atoms with Crippen LogP contribution in [0.25, 0.3) is 0 Å². The van der Waals surface area contributed by atoms with E-state index in [1.165, 1.54) is 0 Å². The van der Waals surface area contributed by atoms with E-state index in [-0.39, 0.29) is 46.9 Å². The van der Waals surface area contributed by atoms with E-state index in [2.05, 4.69) is 29.8 Å². The molecule has 1 unspecified atom stereocenters. The molecule has 0 bridgehead atoms. The molecule has 2 aliphatic carbocycles. The highest BCUT2D eigenvalue weighted by Gasteiger charge is 2.70. The van der Waals surface area contributed by atoms with E-state index in [0.29, 0.717) is 32.5 Å². The van der Waals surface area contributed by atoms with Crippen molar-refractivity contribution in [2.45, 2.75) is 111 Å². The Bertz CT molecular complexity index is 1170. The maximum Gasteiger partial charge on any atom is 0.315 e. The zero-order valence-corrected chi connectivity index (χ0v) is 27.4. The van der Waals surface area contributed by atoms with E-state index >= 15 is 0 Å². The van der Waals surface area contributed by atoms with Gasteiger partial charge in [0, 0.05) is 26.1 Å². The number of piperidine rings is 2. The number of hydrogen-bond acceptors (Lipinski definition) is 6. The van der Waals surface area contributed by atoms with Crippen LogP contribution in [0.4, 0.5) is 4.79 Å². The normalized spacial score (nSPS) is 26.4. The standard InChI is InChI=1S/C32H52N6O6/c1-17(2)21(16-37-13-9-8-10-22(37)39)35-30(44)36-26(31(3,4)5)29(43)38-15-19-23(32(19,6)7)24(38)28(42)34-20(14-18-11-12-18)25(40)27(33)41/h17-21,23-24,26H,8-16H2,1-7H3,(H2,33,41)(H,34,42)(H2,35,36,44)/t19-,20?,21+,23-,24-,26+/m0/s1. The number of nitrogens with two attached hydrogens (primary N) is 1. The molecule has 4 fully saturated rings. The Morgan fingerprint density at radius 2 is 1.68 bits per heavy atom. The zero-order chi connectivity index (χ0) is 32.7. The number of nitrogens with zero attached hydrogens (tertiary/aromatic N) is 2. The predicted molar refractivity (Wildman–Crippen MR) is 164 cm³/mol. The molecular formula is C32H52N6O6. The van der Waals surface area contributed by atoms with Crippen LogP contribution >= 0.6 is 0 Å². The fourth-order valence-corrected chi connectivity index (χ4v) is 7.03. The number of Topliss-reactive ketones (excluding diaryl/α,β-unsaturated/α-hetero) is 1. The molecule has 4 rings (SSSR count). The molecule has 6 atom stereocenters. The maximum atomic E-state index is 14.2. The van der Waals surface area contributed by atoms with Crippen molar-refractivity contribution >= 4 is 35.4 Å². The van der Waals surface area contributed by atoms with Crippen molar-refractivity contribution in [2.24, 2.45) is 40.2 Å². The van der Waals surface area contributed by atoms with Gasteiger partial charge < -0.3 is 31.5 Å². The highest BCUT2D eigenvalue weighted by Crippen LogP contribution is 2.65. The number of rotatable bonds is 12. The third-order valence-corrected chi connectivity index (χ3v) is 10.3. The number of carbonyl (C=O) groups is 6. The largest absolute Gasteiger partial charge is 0.363 e. The highest BCUT2D eigenvalue weighted by molar-refractivity contribution is 6.37.